The van der Waals surface area contributed by atoms with Gasteiger partial charge in [-0.2, -0.15) is 0 Å². The molecule has 0 heterocycles. The van der Waals surface area contributed by atoms with E-state index in [4.69, 9.17) is 0 Å². The fourth-order valence-electron chi connectivity index (χ4n) is 15.6. The Labute approximate surface area is 490 Å². The van der Waals surface area contributed by atoms with E-state index in [0.717, 1.165) is 0 Å². The normalized spacial score (nSPS) is 13.7. The van der Waals surface area contributed by atoms with Gasteiger partial charge in [0.15, 0.2) is 0 Å². The topological polar surface area (TPSA) is 0 Å². The Kier molecular flexibility index (Phi) is 10.5. The van der Waals surface area contributed by atoms with Crippen LogP contribution in [0.25, 0.3) is 154 Å². The van der Waals surface area contributed by atoms with E-state index in [1.54, 1.807) is 0 Å². The van der Waals surface area contributed by atoms with Crippen molar-refractivity contribution in [2.24, 2.45) is 0 Å². The molecule has 0 atom stereocenters. The molecule has 2 aliphatic carbocycles. The van der Waals surface area contributed by atoms with Crippen LogP contribution in [0, 0.1) is 0 Å². The first-order chi connectivity index (χ1) is 41.2. The Hall–Kier alpha value is -10.1. The first-order valence-corrected chi connectivity index (χ1v) is 29.7. The molecule has 0 spiro atoms. The van der Waals surface area contributed by atoms with Crippen molar-refractivity contribution < 1.29 is 0 Å². The van der Waals surface area contributed by atoms with E-state index in [2.05, 4.69) is 307 Å². The Bertz CT molecular complexity index is 5130. The van der Waals surface area contributed by atoms with Crippen LogP contribution in [-0.2, 0) is 10.8 Å². The molecule has 394 valence electrons. The molecular weight excluding hydrogens is 1010 g/mol. The van der Waals surface area contributed by atoms with Crippen molar-refractivity contribution in [3.8, 4) is 89.0 Å². The molecule has 0 unspecified atom stereocenters. The highest BCUT2D eigenvalue weighted by Crippen LogP contribution is 2.56. The van der Waals surface area contributed by atoms with Gasteiger partial charge in [-0.05, 0) is 194 Å². The van der Waals surface area contributed by atoms with Gasteiger partial charge in [-0.15, -0.1) is 0 Å². The van der Waals surface area contributed by atoms with Crippen LogP contribution < -0.4 is 0 Å². The summed E-state index contributed by atoms with van der Waals surface area (Å²) in [6.45, 7) is 9.64. The first-order valence-electron chi connectivity index (χ1n) is 29.7. The molecule has 0 aromatic heterocycles. The first kappa shape index (κ1) is 48.6. The van der Waals surface area contributed by atoms with Gasteiger partial charge in [-0.25, -0.2) is 0 Å². The second-order valence-corrected chi connectivity index (χ2v) is 24.5. The smallest absolute Gasteiger partial charge is 0.0159 e. The lowest BCUT2D eigenvalue weighted by molar-refractivity contribution is 0.660. The Balaban J connectivity index is 0.821. The van der Waals surface area contributed by atoms with Crippen molar-refractivity contribution in [1.82, 2.24) is 0 Å². The third-order valence-electron chi connectivity index (χ3n) is 19.5. The Morgan fingerprint density at radius 1 is 0.167 bits per heavy atom. The molecule has 15 aromatic carbocycles. The number of hydrogen-bond donors (Lipinski definition) is 0. The van der Waals surface area contributed by atoms with Gasteiger partial charge in [0, 0.05) is 10.8 Å². The third kappa shape index (κ3) is 6.89. The summed E-state index contributed by atoms with van der Waals surface area (Å²) < 4.78 is 0. The summed E-state index contributed by atoms with van der Waals surface area (Å²) in [6.07, 6.45) is 0. The molecule has 0 radical (unpaired) electrons. The number of hydrogen-bond acceptors (Lipinski definition) is 0. The summed E-state index contributed by atoms with van der Waals surface area (Å²) in [7, 11) is 0. The molecule has 0 fully saturated rings. The van der Waals surface area contributed by atoms with E-state index in [1.165, 1.54) is 176 Å². The maximum Gasteiger partial charge on any atom is 0.0159 e. The summed E-state index contributed by atoms with van der Waals surface area (Å²) in [5.41, 5.74) is 25.6. The zero-order valence-electron chi connectivity index (χ0n) is 47.6. The van der Waals surface area contributed by atoms with E-state index in [9.17, 15) is 0 Å². The molecule has 0 amide bonds. The molecule has 2 aliphatic rings. The molecule has 0 saturated heterocycles. The number of fused-ring (bicyclic) bond motifs is 12. The van der Waals surface area contributed by atoms with Crippen molar-refractivity contribution in [2.45, 2.75) is 38.5 Å². The van der Waals surface area contributed by atoms with Gasteiger partial charge in [-0.3, -0.25) is 0 Å². The van der Waals surface area contributed by atoms with E-state index in [1.807, 2.05) is 0 Å². The summed E-state index contributed by atoms with van der Waals surface area (Å²) in [5.74, 6) is 0. The van der Waals surface area contributed by atoms with Gasteiger partial charge >= 0.3 is 0 Å². The monoisotopic (exact) mass is 1070 g/mol. The predicted octanol–water partition coefficient (Wildman–Crippen LogP) is 23.2. The summed E-state index contributed by atoms with van der Waals surface area (Å²) >= 11 is 0. The van der Waals surface area contributed by atoms with Gasteiger partial charge in [-0.1, -0.05) is 289 Å². The number of rotatable bonds is 6. The van der Waals surface area contributed by atoms with Crippen LogP contribution in [0.3, 0.4) is 0 Å². The highest BCUT2D eigenvalue weighted by molar-refractivity contribution is 6.30. The van der Waals surface area contributed by atoms with E-state index in [0.29, 0.717) is 0 Å². The van der Waals surface area contributed by atoms with Crippen LogP contribution in [-0.4, -0.2) is 0 Å². The highest BCUT2D eigenvalue weighted by atomic mass is 14.4. The molecule has 0 nitrogen and oxygen atoms in total. The minimum Gasteiger partial charge on any atom is -0.0622 e. The quantitative estimate of drug-likeness (QED) is 0.146. The lowest BCUT2D eigenvalue weighted by Crippen LogP contribution is -2.15. The SMILES string of the molecule is CC1(C)c2ccccc2-c2ccc(-c3c4ccccc4c(-c4c5ccccc5c(-c5ccc6c(c5)C(C)(C)c5cc(-c7c8ccccc8c(-c8ccccc8-c8ccccc8)c8ccccc78)ccc5-6)c5ccccc45)c4ccccc34)cc21. The van der Waals surface area contributed by atoms with Gasteiger partial charge in [0.05, 0.1) is 0 Å². The van der Waals surface area contributed by atoms with Crippen LogP contribution in [0.5, 0.6) is 0 Å². The van der Waals surface area contributed by atoms with E-state index < -0.39 is 0 Å². The van der Waals surface area contributed by atoms with Crippen LogP contribution in [0.15, 0.2) is 279 Å². The average molecular weight is 1070 g/mol. The molecule has 84 heavy (non-hydrogen) atoms. The Morgan fingerprint density at radius 3 is 0.774 bits per heavy atom. The lowest BCUT2D eigenvalue weighted by Gasteiger charge is -2.25. The summed E-state index contributed by atoms with van der Waals surface area (Å²) in [6, 6.07) is 105. The van der Waals surface area contributed by atoms with Gasteiger partial charge < -0.3 is 0 Å². The zero-order valence-corrected chi connectivity index (χ0v) is 47.6. The average Bonchev–Trinajstić information content (AvgIpc) is 3.57. The van der Waals surface area contributed by atoms with Crippen LogP contribution in [0.2, 0.25) is 0 Å². The molecule has 17 rings (SSSR count). The molecule has 0 N–H and O–H groups in total. The molecule has 0 saturated carbocycles. The second kappa shape index (κ2) is 18.2. The predicted molar refractivity (Wildman–Crippen MR) is 359 cm³/mol. The van der Waals surface area contributed by atoms with Crippen molar-refractivity contribution in [2.75, 3.05) is 0 Å². The summed E-state index contributed by atoms with van der Waals surface area (Å²) in [5, 5.41) is 15.1. The maximum atomic E-state index is 2.53. The van der Waals surface area contributed by atoms with Crippen molar-refractivity contribution in [3.63, 3.8) is 0 Å². The van der Waals surface area contributed by atoms with Crippen molar-refractivity contribution in [3.05, 3.63) is 301 Å². The molecular formula is C84H58. The van der Waals surface area contributed by atoms with Gasteiger partial charge in [0.2, 0.25) is 0 Å². The van der Waals surface area contributed by atoms with E-state index in [-0.39, 0.29) is 10.8 Å². The van der Waals surface area contributed by atoms with Crippen LogP contribution in [0.4, 0.5) is 0 Å². The third-order valence-corrected chi connectivity index (χ3v) is 19.5. The molecule has 0 aliphatic heterocycles. The van der Waals surface area contributed by atoms with Gasteiger partial charge in [0.1, 0.15) is 0 Å². The fourth-order valence-corrected chi connectivity index (χ4v) is 15.6. The van der Waals surface area contributed by atoms with Crippen molar-refractivity contribution in [1.29, 1.82) is 0 Å². The zero-order chi connectivity index (χ0) is 56.0. The number of benzene rings is 15. The lowest BCUT2D eigenvalue weighted by atomic mass is 9.78. The molecule has 0 bridgehead atoms. The largest absolute Gasteiger partial charge is 0.0622 e. The standard InChI is InChI=1S/C84H58/c1-83(2)73-41-23-22-27-56(73)57-45-42-52(48-74(57)83)78-63-31-12-18-37-69(63)81(70-38-19-13-32-64(70)78)82-71-39-20-14-33-65(71)79(66-34-15-21-40-72(66)82)54-44-47-59-58-46-43-53(49-75(58)84(3,4)76(59)50-54)77-61-29-10-16-35-67(61)80(68-36-17-11-30-62(68)77)60-28-9-8-26-55(60)51-24-6-5-7-25-51/h5-50H,1-4H3. The minimum absolute atomic E-state index is 0.105. The van der Waals surface area contributed by atoms with Gasteiger partial charge in [0.25, 0.3) is 0 Å². The Morgan fingerprint density at radius 2 is 0.417 bits per heavy atom. The van der Waals surface area contributed by atoms with Crippen molar-refractivity contribution >= 4 is 64.6 Å². The maximum absolute atomic E-state index is 2.53. The minimum atomic E-state index is -0.277. The summed E-state index contributed by atoms with van der Waals surface area (Å²) in [4.78, 5) is 0. The molecule has 0 heteroatoms. The van der Waals surface area contributed by atoms with E-state index >= 15 is 0 Å². The van der Waals surface area contributed by atoms with Crippen LogP contribution in [0.1, 0.15) is 49.9 Å². The highest BCUT2D eigenvalue weighted by Gasteiger charge is 2.38. The second-order valence-electron chi connectivity index (χ2n) is 24.5. The fraction of sp³-hybridized carbons (Fsp3) is 0.0714. The molecule has 15 aromatic rings. The van der Waals surface area contributed by atoms with Crippen LogP contribution >= 0.6 is 0 Å².